The zero-order chi connectivity index (χ0) is 15.2. The molecule has 0 saturated carbocycles. The van der Waals surface area contributed by atoms with Crippen molar-refractivity contribution < 1.29 is 24.5 Å². The second-order valence-corrected chi connectivity index (χ2v) is 4.18. The quantitative estimate of drug-likeness (QED) is 0.512. The van der Waals surface area contributed by atoms with E-state index in [1.807, 2.05) is 0 Å². The Bertz CT molecular complexity index is 669. The Labute approximate surface area is 120 Å². The van der Waals surface area contributed by atoms with E-state index in [-0.39, 0.29) is 5.75 Å². The number of phenolic OH excluding ortho intramolecular Hbond substituents is 1. The number of ether oxygens (including phenoxy) is 1. The van der Waals surface area contributed by atoms with Gasteiger partial charge in [0, 0.05) is 6.08 Å². The molecule has 0 aliphatic rings. The zero-order valence-electron chi connectivity index (χ0n) is 10.9. The Kier molecular flexibility index (Phi) is 4.36. The van der Waals surface area contributed by atoms with E-state index >= 15 is 0 Å². The molecule has 2 N–H and O–H groups in total. The maximum atomic E-state index is 11.8. The lowest BCUT2D eigenvalue weighted by Crippen LogP contribution is -2.07. The van der Waals surface area contributed by atoms with Crippen LogP contribution in [0.4, 0.5) is 0 Å². The van der Waals surface area contributed by atoms with E-state index < -0.39 is 11.9 Å². The predicted molar refractivity (Wildman–Crippen MR) is 76.2 cm³/mol. The number of rotatable bonds is 4. The molecule has 0 unspecified atom stereocenters. The number of phenols is 1. The van der Waals surface area contributed by atoms with Gasteiger partial charge in [0.25, 0.3) is 0 Å². The van der Waals surface area contributed by atoms with Crippen molar-refractivity contribution in [2.24, 2.45) is 0 Å². The van der Waals surface area contributed by atoms with E-state index in [1.165, 1.54) is 30.3 Å². The fraction of sp³-hybridized carbons (Fsp3) is 0. The Hall–Kier alpha value is -3.08. The molecule has 2 aromatic carbocycles. The second-order valence-electron chi connectivity index (χ2n) is 4.18. The molecule has 0 aliphatic heterocycles. The molecule has 2 rings (SSSR count). The third-order valence-electron chi connectivity index (χ3n) is 2.61. The summed E-state index contributed by atoms with van der Waals surface area (Å²) in [5.41, 5.74) is 1.00. The summed E-state index contributed by atoms with van der Waals surface area (Å²) in [7, 11) is 0. The number of aromatic hydroxyl groups is 1. The molecule has 2 aromatic rings. The molecule has 5 heteroatoms. The van der Waals surface area contributed by atoms with Gasteiger partial charge < -0.3 is 14.9 Å². The SMILES string of the molecule is O=C(O)C=Cc1ccc(OC(=O)c2ccc(O)cc2)cc1. The number of carbonyl (C=O) groups excluding carboxylic acids is 1. The first-order valence-electron chi connectivity index (χ1n) is 6.07. The minimum atomic E-state index is -1.03. The number of esters is 1. The Morgan fingerprint density at radius 3 is 2.14 bits per heavy atom. The maximum absolute atomic E-state index is 11.8. The standard InChI is InChI=1S/C16H12O5/c17-13-6-4-12(5-7-13)16(20)21-14-8-1-11(2-9-14)3-10-15(18)19/h1-10,17H,(H,18,19). The summed E-state index contributed by atoms with van der Waals surface area (Å²) in [6.45, 7) is 0. The highest BCUT2D eigenvalue weighted by atomic mass is 16.5. The lowest BCUT2D eigenvalue weighted by Gasteiger charge is -2.04. The van der Waals surface area contributed by atoms with Crippen molar-refractivity contribution in [1.82, 2.24) is 0 Å². The predicted octanol–water partition coefficient (Wildman–Crippen LogP) is 2.71. The van der Waals surface area contributed by atoms with Crippen molar-refractivity contribution in [2.45, 2.75) is 0 Å². The summed E-state index contributed by atoms with van der Waals surface area (Å²) in [5.74, 6) is -1.15. The molecular formula is C16H12O5. The number of benzene rings is 2. The highest BCUT2D eigenvalue weighted by Gasteiger charge is 2.08. The second kappa shape index (κ2) is 6.38. The van der Waals surface area contributed by atoms with Gasteiger partial charge in [0.05, 0.1) is 5.56 Å². The molecule has 0 amide bonds. The van der Waals surface area contributed by atoms with Crippen LogP contribution in [0, 0.1) is 0 Å². The van der Waals surface area contributed by atoms with Crippen LogP contribution in [0.2, 0.25) is 0 Å². The molecule has 0 atom stereocenters. The Balaban J connectivity index is 2.04. The molecule has 0 aliphatic carbocycles. The average Bonchev–Trinajstić information content (AvgIpc) is 2.47. The summed E-state index contributed by atoms with van der Waals surface area (Å²) in [6, 6.07) is 12.1. The van der Waals surface area contributed by atoms with Crippen LogP contribution in [-0.4, -0.2) is 22.2 Å². The van der Waals surface area contributed by atoms with Gasteiger partial charge in [-0.1, -0.05) is 12.1 Å². The number of carboxylic acids is 1. The molecule has 0 heterocycles. The molecule has 0 bridgehead atoms. The zero-order valence-corrected chi connectivity index (χ0v) is 10.9. The normalized spacial score (nSPS) is 10.5. The van der Waals surface area contributed by atoms with Gasteiger partial charge in [-0.15, -0.1) is 0 Å². The molecule has 0 spiro atoms. The van der Waals surface area contributed by atoms with Gasteiger partial charge in [0.2, 0.25) is 0 Å². The molecule has 0 saturated heterocycles. The van der Waals surface area contributed by atoms with E-state index in [2.05, 4.69) is 0 Å². The average molecular weight is 284 g/mol. The van der Waals surface area contributed by atoms with Crippen LogP contribution in [0.1, 0.15) is 15.9 Å². The smallest absolute Gasteiger partial charge is 0.343 e. The minimum Gasteiger partial charge on any atom is -0.508 e. The molecule has 5 nitrogen and oxygen atoms in total. The number of carbonyl (C=O) groups is 2. The molecule has 0 fully saturated rings. The summed E-state index contributed by atoms with van der Waals surface area (Å²) in [6.07, 6.45) is 2.46. The van der Waals surface area contributed by atoms with Crippen LogP contribution in [-0.2, 0) is 4.79 Å². The molecular weight excluding hydrogens is 272 g/mol. The van der Waals surface area contributed by atoms with Crippen LogP contribution in [0.15, 0.2) is 54.6 Å². The van der Waals surface area contributed by atoms with E-state index in [1.54, 1.807) is 24.3 Å². The van der Waals surface area contributed by atoms with Gasteiger partial charge in [-0.25, -0.2) is 9.59 Å². The van der Waals surface area contributed by atoms with Crippen molar-refractivity contribution in [2.75, 3.05) is 0 Å². The van der Waals surface area contributed by atoms with E-state index in [0.29, 0.717) is 16.9 Å². The van der Waals surface area contributed by atoms with Crippen LogP contribution < -0.4 is 4.74 Å². The summed E-state index contributed by atoms with van der Waals surface area (Å²) >= 11 is 0. The van der Waals surface area contributed by atoms with Crippen LogP contribution in [0.25, 0.3) is 6.08 Å². The van der Waals surface area contributed by atoms with Crippen molar-refractivity contribution in [3.05, 3.63) is 65.7 Å². The van der Waals surface area contributed by atoms with Crippen molar-refractivity contribution in [1.29, 1.82) is 0 Å². The van der Waals surface area contributed by atoms with E-state index in [0.717, 1.165) is 6.08 Å². The number of carboxylic acid groups (broad SMARTS) is 1. The van der Waals surface area contributed by atoms with Crippen molar-refractivity contribution in [3.63, 3.8) is 0 Å². The molecule has 106 valence electrons. The summed E-state index contributed by atoms with van der Waals surface area (Å²) in [4.78, 5) is 22.2. The fourth-order valence-electron chi connectivity index (χ4n) is 1.58. The highest BCUT2D eigenvalue weighted by Crippen LogP contribution is 2.16. The van der Waals surface area contributed by atoms with Gasteiger partial charge in [0.1, 0.15) is 11.5 Å². The van der Waals surface area contributed by atoms with Gasteiger partial charge in [-0.2, -0.15) is 0 Å². The van der Waals surface area contributed by atoms with Gasteiger partial charge in [-0.05, 0) is 48.0 Å². The number of hydrogen-bond acceptors (Lipinski definition) is 4. The maximum Gasteiger partial charge on any atom is 0.343 e. The Morgan fingerprint density at radius 1 is 0.952 bits per heavy atom. The number of aliphatic carboxylic acids is 1. The van der Waals surface area contributed by atoms with E-state index in [4.69, 9.17) is 14.9 Å². The third-order valence-corrected chi connectivity index (χ3v) is 2.61. The van der Waals surface area contributed by atoms with Crippen molar-refractivity contribution >= 4 is 18.0 Å². The lowest BCUT2D eigenvalue weighted by atomic mass is 10.2. The first kappa shape index (κ1) is 14.3. The first-order chi connectivity index (χ1) is 10.0. The van der Waals surface area contributed by atoms with Crippen molar-refractivity contribution in [3.8, 4) is 11.5 Å². The monoisotopic (exact) mass is 284 g/mol. The highest BCUT2D eigenvalue weighted by molar-refractivity contribution is 5.91. The topological polar surface area (TPSA) is 83.8 Å². The van der Waals surface area contributed by atoms with Crippen LogP contribution in [0.5, 0.6) is 11.5 Å². The summed E-state index contributed by atoms with van der Waals surface area (Å²) < 4.78 is 5.16. The minimum absolute atomic E-state index is 0.0705. The number of hydrogen-bond donors (Lipinski definition) is 2. The Morgan fingerprint density at radius 2 is 1.57 bits per heavy atom. The van der Waals surface area contributed by atoms with E-state index in [9.17, 15) is 9.59 Å². The fourth-order valence-corrected chi connectivity index (χ4v) is 1.58. The van der Waals surface area contributed by atoms with Gasteiger partial charge >= 0.3 is 11.9 Å². The van der Waals surface area contributed by atoms with Crippen LogP contribution >= 0.6 is 0 Å². The molecule has 21 heavy (non-hydrogen) atoms. The van der Waals surface area contributed by atoms with Gasteiger partial charge in [0.15, 0.2) is 0 Å². The van der Waals surface area contributed by atoms with Gasteiger partial charge in [-0.3, -0.25) is 0 Å². The molecule has 0 aromatic heterocycles. The summed E-state index contributed by atoms with van der Waals surface area (Å²) in [5, 5.41) is 17.7. The van der Waals surface area contributed by atoms with Crippen LogP contribution in [0.3, 0.4) is 0 Å². The third kappa shape index (κ3) is 4.21. The first-order valence-corrected chi connectivity index (χ1v) is 6.07. The molecule has 0 radical (unpaired) electrons. The largest absolute Gasteiger partial charge is 0.508 e. The lowest BCUT2D eigenvalue weighted by molar-refractivity contribution is -0.131.